The number of para-hydroxylation sites is 2. The molecule has 0 fully saturated rings. The molecule has 0 aromatic heterocycles. The summed E-state index contributed by atoms with van der Waals surface area (Å²) in [5.41, 5.74) is 0.420. The van der Waals surface area contributed by atoms with E-state index < -0.39 is 0 Å². The van der Waals surface area contributed by atoms with Crippen molar-refractivity contribution in [3.63, 3.8) is 0 Å². The van der Waals surface area contributed by atoms with Crippen molar-refractivity contribution < 1.29 is 15.3 Å². The first kappa shape index (κ1) is 10.9. The maximum Gasteiger partial charge on any atom is 0.185 e. The van der Waals surface area contributed by atoms with Crippen LogP contribution in [0.5, 0.6) is 17.2 Å². The molecule has 0 unspecified atom stereocenters. The van der Waals surface area contributed by atoms with Crippen LogP contribution in [0.1, 0.15) is 0 Å². The number of nitrogens with zero attached hydrogens (tertiary/aromatic N) is 2. The summed E-state index contributed by atoms with van der Waals surface area (Å²) in [6, 6.07) is 10.8. The SMILES string of the molecule is Oc1ccccc1/N=N/c1cccc(O)c1O. The average molecular weight is 230 g/mol. The van der Waals surface area contributed by atoms with Gasteiger partial charge in [0.05, 0.1) is 0 Å². The van der Waals surface area contributed by atoms with Gasteiger partial charge in [-0.05, 0) is 24.3 Å². The normalized spacial score (nSPS) is 10.8. The second kappa shape index (κ2) is 4.52. The van der Waals surface area contributed by atoms with E-state index in [1.165, 1.54) is 24.3 Å². The van der Waals surface area contributed by atoms with Crippen LogP contribution in [0.3, 0.4) is 0 Å². The standard InChI is InChI=1S/C12H10N2O3/c15-10-6-2-1-4-8(10)13-14-9-5-3-7-11(16)12(9)17/h1-7,15-17H/b14-13+. The van der Waals surface area contributed by atoms with Crippen LogP contribution in [-0.2, 0) is 0 Å². The van der Waals surface area contributed by atoms with Crippen LogP contribution < -0.4 is 0 Å². The molecular weight excluding hydrogens is 220 g/mol. The highest BCUT2D eigenvalue weighted by Gasteiger charge is 2.04. The molecule has 0 amide bonds. The minimum atomic E-state index is -0.341. The third kappa shape index (κ3) is 2.34. The molecule has 3 N–H and O–H groups in total. The molecule has 2 aromatic carbocycles. The van der Waals surface area contributed by atoms with Crippen LogP contribution in [0.4, 0.5) is 11.4 Å². The van der Waals surface area contributed by atoms with Gasteiger partial charge in [-0.25, -0.2) is 0 Å². The molecular formula is C12H10N2O3. The van der Waals surface area contributed by atoms with Gasteiger partial charge in [-0.3, -0.25) is 0 Å². The molecule has 5 heteroatoms. The second-order valence-electron chi connectivity index (χ2n) is 3.33. The summed E-state index contributed by atoms with van der Waals surface area (Å²) >= 11 is 0. The Morgan fingerprint density at radius 3 is 2.00 bits per heavy atom. The zero-order valence-corrected chi connectivity index (χ0v) is 8.78. The maximum atomic E-state index is 9.48. The van der Waals surface area contributed by atoms with Gasteiger partial charge >= 0.3 is 0 Å². The smallest absolute Gasteiger partial charge is 0.185 e. The Hall–Kier alpha value is -2.56. The summed E-state index contributed by atoms with van der Waals surface area (Å²) < 4.78 is 0. The Morgan fingerprint density at radius 1 is 0.647 bits per heavy atom. The predicted octanol–water partition coefficient (Wildman–Crippen LogP) is 3.22. The van der Waals surface area contributed by atoms with Crippen molar-refractivity contribution in [1.82, 2.24) is 0 Å². The van der Waals surface area contributed by atoms with Gasteiger partial charge in [-0.15, -0.1) is 10.2 Å². The lowest BCUT2D eigenvalue weighted by Crippen LogP contribution is -1.70. The van der Waals surface area contributed by atoms with Crippen LogP contribution in [0.15, 0.2) is 52.7 Å². The molecule has 2 aromatic rings. The molecule has 86 valence electrons. The number of rotatable bonds is 2. The van der Waals surface area contributed by atoms with Crippen molar-refractivity contribution in [2.45, 2.75) is 0 Å². The molecule has 0 bridgehead atoms. The topological polar surface area (TPSA) is 85.4 Å². The van der Waals surface area contributed by atoms with Crippen molar-refractivity contribution in [1.29, 1.82) is 0 Å². The highest BCUT2D eigenvalue weighted by molar-refractivity contribution is 5.58. The lowest BCUT2D eigenvalue weighted by molar-refractivity contribution is 0.404. The molecule has 0 saturated carbocycles. The van der Waals surface area contributed by atoms with E-state index in [0.717, 1.165) is 0 Å². The number of benzene rings is 2. The molecule has 0 radical (unpaired) electrons. The largest absolute Gasteiger partial charge is 0.506 e. The summed E-state index contributed by atoms with van der Waals surface area (Å²) in [7, 11) is 0. The quantitative estimate of drug-likeness (QED) is 0.547. The van der Waals surface area contributed by atoms with Crippen LogP contribution in [0, 0.1) is 0 Å². The molecule has 0 aliphatic carbocycles. The van der Waals surface area contributed by atoms with E-state index in [9.17, 15) is 15.3 Å². The molecule has 0 atom stereocenters. The zero-order chi connectivity index (χ0) is 12.3. The third-order valence-corrected chi connectivity index (χ3v) is 2.14. The van der Waals surface area contributed by atoms with Gasteiger partial charge in [0.1, 0.15) is 17.1 Å². The minimum absolute atomic E-state index is 0.00380. The second-order valence-corrected chi connectivity index (χ2v) is 3.33. The van der Waals surface area contributed by atoms with Gasteiger partial charge in [-0.2, -0.15) is 0 Å². The Bertz CT molecular complexity index is 567. The number of phenolic OH excluding ortho intramolecular Hbond substituents is 3. The van der Waals surface area contributed by atoms with E-state index in [4.69, 9.17) is 0 Å². The molecule has 5 nitrogen and oxygen atoms in total. The number of aromatic hydroxyl groups is 3. The van der Waals surface area contributed by atoms with Gasteiger partial charge in [0, 0.05) is 0 Å². The third-order valence-electron chi connectivity index (χ3n) is 2.14. The molecule has 0 saturated heterocycles. The summed E-state index contributed by atoms with van der Waals surface area (Å²) in [6.45, 7) is 0. The molecule has 2 rings (SSSR count). The van der Waals surface area contributed by atoms with E-state index in [-0.39, 0.29) is 28.6 Å². The van der Waals surface area contributed by atoms with E-state index >= 15 is 0 Å². The fourth-order valence-electron chi connectivity index (χ4n) is 1.26. The van der Waals surface area contributed by atoms with E-state index in [1.807, 2.05) is 0 Å². The first-order valence-electron chi connectivity index (χ1n) is 4.89. The predicted molar refractivity (Wildman–Crippen MR) is 62.1 cm³/mol. The number of azo groups is 1. The van der Waals surface area contributed by atoms with Gasteiger partial charge in [0.25, 0.3) is 0 Å². The van der Waals surface area contributed by atoms with Crippen molar-refractivity contribution in [2.75, 3.05) is 0 Å². The number of hydrogen-bond acceptors (Lipinski definition) is 5. The molecule has 0 aliphatic rings. The van der Waals surface area contributed by atoms with Crippen LogP contribution in [-0.4, -0.2) is 15.3 Å². The average Bonchev–Trinajstić information content (AvgIpc) is 2.33. The highest BCUT2D eigenvalue weighted by Crippen LogP contribution is 2.36. The lowest BCUT2D eigenvalue weighted by atomic mass is 10.3. The highest BCUT2D eigenvalue weighted by atomic mass is 16.3. The fraction of sp³-hybridized carbons (Fsp3) is 0. The first-order valence-corrected chi connectivity index (χ1v) is 4.89. The van der Waals surface area contributed by atoms with E-state index in [1.54, 1.807) is 18.2 Å². The van der Waals surface area contributed by atoms with E-state index in [2.05, 4.69) is 10.2 Å². The van der Waals surface area contributed by atoms with Crippen LogP contribution in [0.25, 0.3) is 0 Å². The van der Waals surface area contributed by atoms with Gasteiger partial charge < -0.3 is 15.3 Å². The monoisotopic (exact) mass is 230 g/mol. The zero-order valence-electron chi connectivity index (χ0n) is 8.78. The Kier molecular flexibility index (Phi) is 2.91. The van der Waals surface area contributed by atoms with E-state index in [0.29, 0.717) is 0 Å². The first-order chi connectivity index (χ1) is 8.18. The molecule has 0 aliphatic heterocycles. The maximum absolute atomic E-state index is 9.48. The minimum Gasteiger partial charge on any atom is -0.506 e. The van der Waals surface area contributed by atoms with Crippen molar-refractivity contribution in [3.05, 3.63) is 42.5 Å². The van der Waals surface area contributed by atoms with Crippen LogP contribution >= 0.6 is 0 Å². The summed E-state index contributed by atoms with van der Waals surface area (Å²) in [6.07, 6.45) is 0. The number of phenols is 3. The molecule has 0 heterocycles. The van der Waals surface area contributed by atoms with Gasteiger partial charge in [0.15, 0.2) is 11.5 Å². The lowest BCUT2D eigenvalue weighted by Gasteiger charge is -2.00. The van der Waals surface area contributed by atoms with Crippen LogP contribution in [0.2, 0.25) is 0 Å². The molecule has 17 heavy (non-hydrogen) atoms. The Balaban J connectivity index is 2.33. The number of hydrogen-bond donors (Lipinski definition) is 3. The van der Waals surface area contributed by atoms with Gasteiger partial charge in [-0.1, -0.05) is 18.2 Å². The van der Waals surface area contributed by atoms with Crippen molar-refractivity contribution in [2.24, 2.45) is 10.2 Å². The fourth-order valence-corrected chi connectivity index (χ4v) is 1.26. The Morgan fingerprint density at radius 2 is 1.24 bits per heavy atom. The van der Waals surface area contributed by atoms with Gasteiger partial charge in [0.2, 0.25) is 0 Å². The summed E-state index contributed by atoms with van der Waals surface area (Å²) in [4.78, 5) is 0. The Labute approximate surface area is 97.3 Å². The van der Waals surface area contributed by atoms with Crippen molar-refractivity contribution >= 4 is 11.4 Å². The molecule has 0 spiro atoms. The summed E-state index contributed by atoms with van der Waals surface area (Å²) in [5, 5.41) is 35.7. The summed E-state index contributed by atoms with van der Waals surface area (Å²) in [5.74, 6) is -0.610. The van der Waals surface area contributed by atoms with Crippen molar-refractivity contribution in [3.8, 4) is 17.2 Å².